The molecular weight excluding hydrogens is 314 g/mol. The molecule has 1 N–H and O–H groups in total. The first-order chi connectivity index (χ1) is 12.1. The van der Waals surface area contributed by atoms with Crippen molar-refractivity contribution in [3.63, 3.8) is 0 Å². The van der Waals surface area contributed by atoms with Crippen molar-refractivity contribution < 1.29 is 9.32 Å². The summed E-state index contributed by atoms with van der Waals surface area (Å²) in [5.74, 6) is 0.670. The van der Waals surface area contributed by atoms with Crippen LogP contribution in [0.4, 0.5) is 5.69 Å². The second-order valence-electron chi connectivity index (χ2n) is 6.92. The molecule has 3 rings (SSSR count). The Labute approximate surface area is 149 Å². The van der Waals surface area contributed by atoms with E-state index in [-0.39, 0.29) is 12.3 Å². The largest absolute Gasteiger partial charge is 0.361 e. The van der Waals surface area contributed by atoms with E-state index in [1.54, 1.807) is 0 Å². The Morgan fingerprint density at radius 1 is 1.20 bits per heavy atom. The van der Waals surface area contributed by atoms with Gasteiger partial charge in [-0.2, -0.15) is 0 Å². The lowest BCUT2D eigenvalue weighted by molar-refractivity contribution is -0.115. The number of anilines is 1. The summed E-state index contributed by atoms with van der Waals surface area (Å²) in [5, 5.41) is 6.90. The van der Waals surface area contributed by atoms with Crippen LogP contribution in [0.1, 0.15) is 48.3 Å². The molecule has 1 aliphatic rings. The lowest BCUT2D eigenvalue weighted by Crippen LogP contribution is -2.24. The molecule has 1 amide bonds. The van der Waals surface area contributed by atoms with Crippen molar-refractivity contribution in [3.8, 4) is 0 Å². The predicted molar refractivity (Wildman–Crippen MR) is 98.5 cm³/mol. The fourth-order valence-corrected chi connectivity index (χ4v) is 3.42. The van der Waals surface area contributed by atoms with Crippen molar-refractivity contribution in [2.45, 2.75) is 52.5 Å². The van der Waals surface area contributed by atoms with Crippen LogP contribution in [-0.2, 0) is 17.8 Å². The third kappa shape index (κ3) is 4.92. The van der Waals surface area contributed by atoms with Crippen LogP contribution in [0.15, 0.2) is 28.8 Å². The molecule has 2 heterocycles. The molecule has 5 nitrogen and oxygen atoms in total. The van der Waals surface area contributed by atoms with Crippen LogP contribution in [-0.4, -0.2) is 29.1 Å². The van der Waals surface area contributed by atoms with E-state index in [0.29, 0.717) is 5.76 Å². The summed E-state index contributed by atoms with van der Waals surface area (Å²) in [6.07, 6.45) is 5.54. The SMILES string of the molecule is Cc1noc(C)c1CC(=O)Nc1cccc(CN2CCCCCC2)c1. The van der Waals surface area contributed by atoms with Crippen molar-refractivity contribution in [2.24, 2.45) is 0 Å². The summed E-state index contributed by atoms with van der Waals surface area (Å²) in [6, 6.07) is 8.17. The molecule has 1 aromatic heterocycles. The Morgan fingerprint density at radius 3 is 2.64 bits per heavy atom. The van der Waals surface area contributed by atoms with Crippen LogP contribution in [0.3, 0.4) is 0 Å². The summed E-state index contributed by atoms with van der Waals surface area (Å²) < 4.78 is 5.12. The number of aromatic nitrogens is 1. The minimum Gasteiger partial charge on any atom is -0.361 e. The normalized spacial score (nSPS) is 15.8. The maximum Gasteiger partial charge on any atom is 0.228 e. The number of carbonyl (C=O) groups is 1. The molecule has 0 unspecified atom stereocenters. The van der Waals surface area contributed by atoms with Crippen molar-refractivity contribution >= 4 is 11.6 Å². The predicted octanol–water partition coefficient (Wildman–Crippen LogP) is 3.85. The summed E-state index contributed by atoms with van der Waals surface area (Å²) in [5.41, 5.74) is 3.75. The molecule has 1 aromatic carbocycles. The standard InChI is InChI=1S/C20H27N3O2/c1-15-19(16(2)25-22-15)13-20(24)21-18-9-7-8-17(12-18)14-23-10-5-3-4-6-11-23/h7-9,12H,3-6,10-11,13-14H2,1-2H3,(H,21,24). The third-order valence-corrected chi connectivity index (χ3v) is 4.83. The van der Waals surface area contributed by atoms with Crippen LogP contribution in [0.25, 0.3) is 0 Å². The van der Waals surface area contributed by atoms with Crippen molar-refractivity contribution in [3.05, 3.63) is 46.8 Å². The van der Waals surface area contributed by atoms with Crippen LogP contribution in [0.5, 0.6) is 0 Å². The highest BCUT2D eigenvalue weighted by Gasteiger charge is 2.14. The monoisotopic (exact) mass is 341 g/mol. The topological polar surface area (TPSA) is 58.4 Å². The van der Waals surface area contributed by atoms with Gasteiger partial charge in [-0.25, -0.2) is 0 Å². The summed E-state index contributed by atoms with van der Waals surface area (Å²) in [4.78, 5) is 14.9. The molecular formula is C20H27N3O2. The summed E-state index contributed by atoms with van der Waals surface area (Å²) >= 11 is 0. The van der Waals surface area contributed by atoms with Crippen molar-refractivity contribution in [1.29, 1.82) is 0 Å². The fraction of sp³-hybridized carbons (Fsp3) is 0.500. The number of nitrogens with one attached hydrogen (secondary N) is 1. The van der Waals surface area contributed by atoms with Gasteiger partial charge in [-0.3, -0.25) is 9.69 Å². The van der Waals surface area contributed by atoms with Crippen molar-refractivity contribution in [1.82, 2.24) is 10.1 Å². The first kappa shape index (κ1) is 17.7. The van der Waals surface area contributed by atoms with Gasteiger partial charge < -0.3 is 9.84 Å². The van der Waals surface area contributed by atoms with E-state index in [4.69, 9.17) is 4.52 Å². The number of benzene rings is 1. The molecule has 0 aliphatic carbocycles. The molecule has 25 heavy (non-hydrogen) atoms. The molecule has 134 valence electrons. The minimum atomic E-state index is -0.0404. The molecule has 0 bridgehead atoms. The number of aryl methyl sites for hydroxylation is 2. The van der Waals surface area contributed by atoms with Crippen LogP contribution < -0.4 is 5.32 Å². The molecule has 0 atom stereocenters. The zero-order valence-corrected chi connectivity index (χ0v) is 15.2. The molecule has 0 spiro atoms. The van der Waals surface area contributed by atoms with E-state index < -0.39 is 0 Å². The second-order valence-corrected chi connectivity index (χ2v) is 6.92. The van der Waals surface area contributed by atoms with Crippen LogP contribution >= 0.6 is 0 Å². The fourth-order valence-electron chi connectivity index (χ4n) is 3.42. The maximum absolute atomic E-state index is 12.3. The second kappa shape index (κ2) is 8.30. The average Bonchev–Trinajstić information content (AvgIpc) is 2.80. The first-order valence-corrected chi connectivity index (χ1v) is 9.15. The lowest BCUT2D eigenvalue weighted by atomic mass is 10.1. The molecule has 5 heteroatoms. The Morgan fingerprint density at radius 2 is 1.96 bits per heavy atom. The number of nitrogens with zero attached hydrogens (tertiary/aromatic N) is 2. The lowest BCUT2D eigenvalue weighted by Gasteiger charge is -2.20. The molecule has 0 saturated carbocycles. The van der Waals surface area contributed by atoms with Crippen LogP contribution in [0, 0.1) is 13.8 Å². The Kier molecular flexibility index (Phi) is 5.87. The number of hydrogen-bond acceptors (Lipinski definition) is 4. The van der Waals surface area contributed by atoms with Gasteiger partial charge in [0.2, 0.25) is 5.91 Å². The molecule has 1 fully saturated rings. The van der Waals surface area contributed by atoms with Gasteiger partial charge >= 0.3 is 0 Å². The van der Waals surface area contributed by atoms with Gasteiger partial charge in [-0.05, 0) is 57.5 Å². The molecule has 2 aromatic rings. The van der Waals surface area contributed by atoms with E-state index in [2.05, 4.69) is 27.5 Å². The van der Waals surface area contributed by atoms with E-state index in [9.17, 15) is 4.79 Å². The van der Waals surface area contributed by atoms with E-state index in [0.717, 1.165) is 23.5 Å². The van der Waals surface area contributed by atoms with E-state index in [1.807, 2.05) is 26.0 Å². The Balaban J connectivity index is 1.60. The number of likely N-dealkylation sites (tertiary alicyclic amines) is 1. The summed E-state index contributed by atoms with van der Waals surface area (Å²) in [6.45, 7) is 6.99. The smallest absolute Gasteiger partial charge is 0.228 e. The molecule has 1 aliphatic heterocycles. The van der Waals surface area contributed by atoms with Gasteiger partial charge in [-0.15, -0.1) is 0 Å². The summed E-state index contributed by atoms with van der Waals surface area (Å²) in [7, 11) is 0. The highest BCUT2D eigenvalue weighted by Crippen LogP contribution is 2.18. The Hall–Kier alpha value is -2.14. The molecule has 0 radical (unpaired) electrons. The maximum atomic E-state index is 12.3. The number of carbonyl (C=O) groups excluding carboxylic acids is 1. The van der Waals surface area contributed by atoms with E-state index in [1.165, 1.54) is 44.3 Å². The zero-order valence-electron chi connectivity index (χ0n) is 15.2. The van der Waals surface area contributed by atoms with Crippen molar-refractivity contribution in [2.75, 3.05) is 18.4 Å². The zero-order chi connectivity index (χ0) is 17.6. The number of amides is 1. The number of rotatable bonds is 5. The van der Waals surface area contributed by atoms with Gasteiger partial charge in [-0.1, -0.05) is 30.1 Å². The quantitative estimate of drug-likeness (QED) is 0.897. The van der Waals surface area contributed by atoms with Gasteiger partial charge in [0, 0.05) is 17.8 Å². The Bertz CT molecular complexity index is 696. The van der Waals surface area contributed by atoms with Gasteiger partial charge in [0.05, 0.1) is 12.1 Å². The van der Waals surface area contributed by atoms with Gasteiger partial charge in [0.15, 0.2) is 0 Å². The average molecular weight is 341 g/mol. The highest BCUT2D eigenvalue weighted by molar-refractivity contribution is 5.92. The first-order valence-electron chi connectivity index (χ1n) is 9.15. The minimum absolute atomic E-state index is 0.0404. The van der Waals surface area contributed by atoms with Gasteiger partial charge in [0.1, 0.15) is 5.76 Å². The van der Waals surface area contributed by atoms with Crippen LogP contribution in [0.2, 0.25) is 0 Å². The van der Waals surface area contributed by atoms with Gasteiger partial charge in [0.25, 0.3) is 0 Å². The van der Waals surface area contributed by atoms with E-state index >= 15 is 0 Å². The molecule has 1 saturated heterocycles. The highest BCUT2D eigenvalue weighted by atomic mass is 16.5. The third-order valence-electron chi connectivity index (χ3n) is 4.83. The number of hydrogen-bond donors (Lipinski definition) is 1.